The number of benzene rings is 1. The maximum Gasteiger partial charge on any atom is 0.206 e. The minimum Gasteiger partial charge on any atom is -0.497 e. The Morgan fingerprint density at radius 1 is 1.21 bits per heavy atom. The third kappa shape index (κ3) is 4.61. The normalized spacial score (nSPS) is 11.9. The van der Waals surface area contributed by atoms with Crippen molar-refractivity contribution >= 4 is 28.9 Å². The summed E-state index contributed by atoms with van der Waals surface area (Å²) >= 11 is 3.23. The molecule has 1 aromatic carbocycles. The van der Waals surface area contributed by atoms with Crippen molar-refractivity contribution < 1.29 is 9.47 Å². The molecule has 0 saturated heterocycles. The van der Waals surface area contributed by atoms with Crippen LogP contribution in [0.2, 0.25) is 0 Å². The fraction of sp³-hybridized carbons (Fsp3) is 0.238. The number of thiophene rings is 1. The Labute approximate surface area is 172 Å². The van der Waals surface area contributed by atoms with Crippen molar-refractivity contribution in [2.24, 2.45) is 10.1 Å². The van der Waals surface area contributed by atoms with E-state index in [1.165, 1.54) is 16.2 Å². The highest BCUT2D eigenvalue weighted by Gasteiger charge is 2.14. The van der Waals surface area contributed by atoms with Gasteiger partial charge in [0.05, 0.1) is 32.7 Å². The van der Waals surface area contributed by atoms with Gasteiger partial charge in [-0.25, -0.2) is 4.68 Å². The topological polar surface area (TPSA) is 48.1 Å². The van der Waals surface area contributed by atoms with Crippen LogP contribution in [0.5, 0.6) is 11.5 Å². The second kappa shape index (κ2) is 9.03. The molecule has 3 rings (SSSR count). The van der Waals surface area contributed by atoms with Gasteiger partial charge >= 0.3 is 0 Å². The fourth-order valence-electron chi connectivity index (χ4n) is 2.56. The van der Waals surface area contributed by atoms with Gasteiger partial charge in [0.1, 0.15) is 11.5 Å². The molecule has 0 bridgehead atoms. The van der Waals surface area contributed by atoms with E-state index in [1.54, 1.807) is 25.6 Å². The SMILES string of the molecule is C=C(C)CN=c1scc(-c2cc(OC)ccc2OC)n1N=Cc1ccc(C)s1. The van der Waals surface area contributed by atoms with Gasteiger partial charge in [-0.2, -0.15) is 5.10 Å². The molecule has 0 unspecified atom stereocenters. The zero-order chi connectivity index (χ0) is 20.1. The summed E-state index contributed by atoms with van der Waals surface area (Å²) in [5.41, 5.74) is 2.79. The van der Waals surface area contributed by atoms with Crippen molar-refractivity contribution in [1.29, 1.82) is 0 Å². The van der Waals surface area contributed by atoms with Crippen LogP contribution in [-0.4, -0.2) is 31.7 Å². The molecule has 0 spiro atoms. The molecule has 3 aromatic rings. The van der Waals surface area contributed by atoms with Gasteiger partial charge < -0.3 is 9.47 Å². The molecule has 0 N–H and O–H groups in total. The van der Waals surface area contributed by atoms with Crippen molar-refractivity contribution in [3.63, 3.8) is 0 Å². The van der Waals surface area contributed by atoms with Gasteiger partial charge in [-0.3, -0.25) is 4.99 Å². The smallest absolute Gasteiger partial charge is 0.206 e. The lowest BCUT2D eigenvalue weighted by atomic mass is 10.1. The maximum atomic E-state index is 5.57. The summed E-state index contributed by atoms with van der Waals surface area (Å²) in [4.78, 5) is 7.80. The van der Waals surface area contributed by atoms with Gasteiger partial charge in [-0.1, -0.05) is 12.2 Å². The summed E-state index contributed by atoms with van der Waals surface area (Å²) in [6.07, 6.45) is 1.86. The van der Waals surface area contributed by atoms with Crippen molar-refractivity contribution in [2.45, 2.75) is 13.8 Å². The first-order valence-electron chi connectivity index (χ1n) is 8.70. The molecule has 146 valence electrons. The van der Waals surface area contributed by atoms with Gasteiger partial charge in [-0.15, -0.1) is 22.7 Å². The van der Waals surface area contributed by atoms with Gasteiger partial charge in [0.15, 0.2) is 0 Å². The molecular weight excluding hydrogens is 390 g/mol. The number of hydrogen-bond donors (Lipinski definition) is 0. The number of hydrogen-bond acceptors (Lipinski definition) is 6. The zero-order valence-corrected chi connectivity index (χ0v) is 18.1. The summed E-state index contributed by atoms with van der Waals surface area (Å²) in [5, 5.41) is 6.76. The monoisotopic (exact) mass is 413 g/mol. The summed E-state index contributed by atoms with van der Waals surface area (Å²) in [7, 11) is 3.31. The molecule has 0 amide bonds. The Balaban J connectivity index is 2.15. The molecule has 0 radical (unpaired) electrons. The van der Waals surface area contributed by atoms with Crippen molar-refractivity contribution in [3.8, 4) is 22.8 Å². The van der Waals surface area contributed by atoms with E-state index < -0.39 is 0 Å². The second-order valence-electron chi connectivity index (χ2n) is 6.25. The standard InChI is InChI=1S/C21H23N3O2S2/c1-14(2)11-22-21-24(23-12-17-8-6-15(3)28-17)19(13-27-21)18-10-16(25-4)7-9-20(18)26-5/h6-10,12-13H,1,11H2,2-5H3. The lowest BCUT2D eigenvalue weighted by Crippen LogP contribution is -2.13. The van der Waals surface area contributed by atoms with Crippen LogP contribution in [0.1, 0.15) is 16.7 Å². The minimum atomic E-state index is 0.558. The predicted octanol–water partition coefficient (Wildman–Crippen LogP) is 4.96. The highest BCUT2D eigenvalue weighted by Crippen LogP contribution is 2.33. The molecule has 7 heteroatoms. The van der Waals surface area contributed by atoms with Crippen LogP contribution >= 0.6 is 22.7 Å². The molecule has 5 nitrogen and oxygen atoms in total. The Hall–Kier alpha value is -2.64. The van der Waals surface area contributed by atoms with Crippen molar-refractivity contribution in [1.82, 2.24) is 4.68 Å². The summed E-state index contributed by atoms with van der Waals surface area (Å²) < 4.78 is 12.8. The Bertz CT molecular complexity index is 1070. The third-order valence-electron chi connectivity index (χ3n) is 3.91. The highest BCUT2D eigenvalue weighted by molar-refractivity contribution is 7.13. The van der Waals surface area contributed by atoms with Crippen molar-refractivity contribution in [3.05, 3.63) is 62.4 Å². The average molecular weight is 414 g/mol. The van der Waals surface area contributed by atoms with Gasteiger partial charge in [0.2, 0.25) is 4.80 Å². The second-order valence-corrected chi connectivity index (χ2v) is 8.40. The quantitative estimate of drug-likeness (QED) is 0.406. The van der Waals surface area contributed by atoms with E-state index in [-0.39, 0.29) is 0 Å². The fourth-order valence-corrected chi connectivity index (χ4v) is 4.13. The molecule has 0 atom stereocenters. The van der Waals surface area contributed by atoms with Crippen LogP contribution in [0.15, 0.2) is 58.0 Å². The number of rotatable bonds is 7. The van der Waals surface area contributed by atoms with E-state index in [9.17, 15) is 0 Å². The van der Waals surface area contributed by atoms with Crippen LogP contribution < -0.4 is 14.3 Å². The number of aromatic nitrogens is 1. The van der Waals surface area contributed by atoms with E-state index in [0.29, 0.717) is 6.54 Å². The Kier molecular flexibility index (Phi) is 6.49. The summed E-state index contributed by atoms with van der Waals surface area (Å²) in [6, 6.07) is 9.87. The lowest BCUT2D eigenvalue weighted by molar-refractivity contribution is 0.404. The molecule has 0 aliphatic rings. The molecular formula is C21H23N3O2S2. The van der Waals surface area contributed by atoms with E-state index in [2.05, 4.69) is 30.6 Å². The Morgan fingerprint density at radius 3 is 2.68 bits per heavy atom. The van der Waals surface area contributed by atoms with Crippen LogP contribution in [0.3, 0.4) is 0 Å². The number of methoxy groups -OCH3 is 2. The highest BCUT2D eigenvalue weighted by atomic mass is 32.1. The maximum absolute atomic E-state index is 5.57. The molecule has 28 heavy (non-hydrogen) atoms. The molecule has 2 aromatic heterocycles. The summed E-state index contributed by atoms with van der Waals surface area (Å²) in [5.74, 6) is 1.51. The van der Waals surface area contributed by atoms with E-state index in [1.807, 2.05) is 41.4 Å². The average Bonchev–Trinajstić information content (AvgIpc) is 3.29. The van der Waals surface area contributed by atoms with Gasteiger partial charge in [0.25, 0.3) is 0 Å². The van der Waals surface area contributed by atoms with Crippen LogP contribution in [0.4, 0.5) is 0 Å². The minimum absolute atomic E-state index is 0.558. The number of nitrogens with zero attached hydrogens (tertiary/aromatic N) is 3. The first-order chi connectivity index (χ1) is 13.5. The number of thiazole rings is 1. The Morgan fingerprint density at radius 2 is 2.04 bits per heavy atom. The molecule has 0 fully saturated rings. The zero-order valence-electron chi connectivity index (χ0n) is 16.4. The van der Waals surface area contributed by atoms with Crippen LogP contribution in [0, 0.1) is 6.92 Å². The predicted molar refractivity (Wildman–Crippen MR) is 118 cm³/mol. The third-order valence-corrected chi connectivity index (χ3v) is 5.70. The van der Waals surface area contributed by atoms with Crippen LogP contribution in [0.25, 0.3) is 11.3 Å². The van der Waals surface area contributed by atoms with Crippen molar-refractivity contribution in [2.75, 3.05) is 20.8 Å². The number of aryl methyl sites for hydroxylation is 1. The number of ether oxygens (including phenoxy) is 2. The largest absolute Gasteiger partial charge is 0.497 e. The molecule has 0 aliphatic heterocycles. The first kappa shape index (κ1) is 20.1. The first-order valence-corrected chi connectivity index (χ1v) is 10.4. The molecule has 2 heterocycles. The molecule has 0 saturated carbocycles. The van der Waals surface area contributed by atoms with E-state index in [4.69, 9.17) is 14.6 Å². The van der Waals surface area contributed by atoms with Gasteiger partial charge in [-0.05, 0) is 44.2 Å². The van der Waals surface area contributed by atoms with Gasteiger partial charge in [0, 0.05) is 20.7 Å². The lowest BCUT2D eigenvalue weighted by Gasteiger charge is -2.11. The summed E-state index contributed by atoms with van der Waals surface area (Å²) in [6.45, 7) is 8.54. The van der Waals surface area contributed by atoms with E-state index in [0.717, 1.165) is 38.0 Å². The van der Waals surface area contributed by atoms with Crippen LogP contribution in [-0.2, 0) is 0 Å². The molecule has 0 aliphatic carbocycles. The van der Waals surface area contributed by atoms with E-state index >= 15 is 0 Å².